The van der Waals surface area contributed by atoms with Gasteiger partial charge in [0.1, 0.15) is 0 Å². The molecule has 1 fully saturated rings. The Labute approximate surface area is 114 Å². The van der Waals surface area contributed by atoms with Crippen LogP contribution in [0.4, 0.5) is 0 Å². The number of nitrogens with one attached hydrogen (secondary N) is 1. The number of carbonyl (C=O) groups is 1. The number of rotatable bonds is 3. The summed E-state index contributed by atoms with van der Waals surface area (Å²) in [7, 11) is 0. The summed E-state index contributed by atoms with van der Waals surface area (Å²) >= 11 is 8.03. The Balaban J connectivity index is 2.05. The summed E-state index contributed by atoms with van der Waals surface area (Å²) in [5.41, 5.74) is 0.997. The SMILES string of the molecule is CC1(CNC(=O)c2cc(Cl)ccc2I)CC1. The van der Waals surface area contributed by atoms with Crippen LogP contribution in [0.5, 0.6) is 0 Å². The highest BCUT2D eigenvalue weighted by Crippen LogP contribution is 2.44. The highest BCUT2D eigenvalue weighted by Gasteiger charge is 2.37. The van der Waals surface area contributed by atoms with Crippen LogP contribution in [-0.4, -0.2) is 12.5 Å². The van der Waals surface area contributed by atoms with Crippen LogP contribution >= 0.6 is 34.2 Å². The molecule has 0 heterocycles. The molecule has 4 heteroatoms. The van der Waals surface area contributed by atoms with Gasteiger partial charge in [0.2, 0.25) is 0 Å². The van der Waals surface area contributed by atoms with E-state index in [9.17, 15) is 4.79 Å². The summed E-state index contributed by atoms with van der Waals surface area (Å²) in [6.45, 7) is 2.95. The normalized spacial score (nSPS) is 16.9. The average molecular weight is 350 g/mol. The fraction of sp³-hybridized carbons (Fsp3) is 0.417. The molecule has 1 amide bonds. The van der Waals surface area contributed by atoms with E-state index in [0.717, 1.165) is 10.1 Å². The zero-order valence-corrected chi connectivity index (χ0v) is 11.9. The summed E-state index contributed by atoms with van der Waals surface area (Å²) in [6, 6.07) is 5.37. The van der Waals surface area contributed by atoms with Crippen molar-refractivity contribution in [3.63, 3.8) is 0 Å². The highest BCUT2D eigenvalue weighted by molar-refractivity contribution is 14.1. The first-order valence-electron chi connectivity index (χ1n) is 5.23. The molecular weight excluding hydrogens is 336 g/mol. The van der Waals surface area contributed by atoms with Gasteiger partial charge in [-0.1, -0.05) is 18.5 Å². The maximum atomic E-state index is 11.9. The molecule has 1 aromatic rings. The molecule has 1 saturated carbocycles. The summed E-state index contributed by atoms with van der Waals surface area (Å²) in [5.74, 6) is -0.0278. The van der Waals surface area contributed by atoms with Crippen LogP contribution in [0, 0.1) is 8.99 Å². The molecule has 0 unspecified atom stereocenters. The van der Waals surface area contributed by atoms with E-state index in [1.165, 1.54) is 12.8 Å². The fourth-order valence-corrected chi connectivity index (χ4v) is 2.20. The first-order chi connectivity index (χ1) is 7.50. The van der Waals surface area contributed by atoms with Gasteiger partial charge in [-0.25, -0.2) is 0 Å². The van der Waals surface area contributed by atoms with Crippen molar-refractivity contribution in [2.75, 3.05) is 6.54 Å². The topological polar surface area (TPSA) is 29.1 Å². The lowest BCUT2D eigenvalue weighted by Crippen LogP contribution is -2.29. The first kappa shape index (κ1) is 12.2. The van der Waals surface area contributed by atoms with Crippen LogP contribution in [0.2, 0.25) is 5.02 Å². The van der Waals surface area contributed by atoms with E-state index in [1.54, 1.807) is 12.1 Å². The molecule has 0 aliphatic heterocycles. The predicted molar refractivity (Wildman–Crippen MR) is 73.8 cm³/mol. The summed E-state index contributed by atoms with van der Waals surface area (Å²) < 4.78 is 0.931. The summed E-state index contributed by atoms with van der Waals surface area (Å²) in [6.07, 6.45) is 2.42. The van der Waals surface area contributed by atoms with E-state index in [2.05, 4.69) is 34.8 Å². The monoisotopic (exact) mass is 349 g/mol. The average Bonchev–Trinajstić information content (AvgIpc) is 2.97. The van der Waals surface area contributed by atoms with Crippen molar-refractivity contribution in [1.29, 1.82) is 0 Å². The number of halogens is 2. The van der Waals surface area contributed by atoms with Crippen molar-refractivity contribution < 1.29 is 4.79 Å². The molecule has 86 valence electrons. The standard InChI is InChI=1S/C12H13ClINO/c1-12(4-5-12)7-15-11(16)9-6-8(13)2-3-10(9)14/h2-3,6H,4-5,7H2,1H3,(H,15,16). The minimum absolute atomic E-state index is 0.0278. The molecule has 1 aliphatic carbocycles. The Kier molecular flexibility index (Phi) is 3.45. The molecule has 0 radical (unpaired) electrons. The maximum absolute atomic E-state index is 11.9. The van der Waals surface area contributed by atoms with Gasteiger partial charge in [-0.2, -0.15) is 0 Å². The zero-order chi connectivity index (χ0) is 11.8. The third-order valence-electron chi connectivity index (χ3n) is 2.95. The summed E-state index contributed by atoms with van der Waals surface area (Å²) in [4.78, 5) is 11.9. The Bertz CT molecular complexity index is 429. The van der Waals surface area contributed by atoms with E-state index >= 15 is 0 Å². The fourth-order valence-electron chi connectivity index (χ4n) is 1.45. The van der Waals surface area contributed by atoms with E-state index < -0.39 is 0 Å². The molecule has 1 N–H and O–H groups in total. The molecule has 2 nitrogen and oxygen atoms in total. The third-order valence-corrected chi connectivity index (χ3v) is 4.13. The van der Waals surface area contributed by atoms with Crippen molar-refractivity contribution in [2.45, 2.75) is 19.8 Å². The van der Waals surface area contributed by atoms with Crippen molar-refractivity contribution in [3.05, 3.63) is 32.4 Å². The Hall–Kier alpha value is -0.290. The molecular formula is C12H13ClINO. The van der Waals surface area contributed by atoms with Gasteiger partial charge in [-0.15, -0.1) is 0 Å². The third kappa shape index (κ3) is 2.88. The molecule has 0 aromatic heterocycles. The van der Waals surface area contributed by atoms with Crippen LogP contribution in [0.1, 0.15) is 30.1 Å². The minimum Gasteiger partial charge on any atom is -0.351 e. The molecule has 1 aliphatic rings. The quantitative estimate of drug-likeness (QED) is 0.832. The van der Waals surface area contributed by atoms with Gasteiger partial charge in [0, 0.05) is 15.1 Å². The lowest BCUT2D eigenvalue weighted by atomic mass is 10.1. The largest absolute Gasteiger partial charge is 0.351 e. The number of carbonyl (C=O) groups excluding carboxylic acids is 1. The van der Waals surface area contributed by atoms with E-state index in [-0.39, 0.29) is 5.91 Å². The molecule has 2 rings (SSSR count). The van der Waals surface area contributed by atoms with Crippen LogP contribution in [0.3, 0.4) is 0 Å². The van der Waals surface area contributed by atoms with E-state index in [4.69, 9.17) is 11.6 Å². The molecule has 0 bridgehead atoms. The van der Waals surface area contributed by atoms with Crippen LogP contribution in [0.15, 0.2) is 18.2 Å². The van der Waals surface area contributed by atoms with Crippen LogP contribution in [0.25, 0.3) is 0 Å². The molecule has 0 atom stereocenters. The smallest absolute Gasteiger partial charge is 0.252 e. The Morgan fingerprint density at radius 2 is 2.25 bits per heavy atom. The highest BCUT2D eigenvalue weighted by atomic mass is 127. The molecule has 0 spiro atoms. The van der Waals surface area contributed by atoms with Gasteiger partial charge in [0.25, 0.3) is 5.91 Å². The Morgan fingerprint density at radius 3 is 2.88 bits per heavy atom. The van der Waals surface area contributed by atoms with Gasteiger partial charge >= 0.3 is 0 Å². The predicted octanol–water partition coefficient (Wildman–Crippen LogP) is 3.47. The van der Waals surface area contributed by atoms with E-state index in [0.29, 0.717) is 16.0 Å². The first-order valence-corrected chi connectivity index (χ1v) is 6.69. The number of hydrogen-bond acceptors (Lipinski definition) is 1. The van der Waals surface area contributed by atoms with Gasteiger partial charge in [0.15, 0.2) is 0 Å². The number of benzene rings is 1. The lowest BCUT2D eigenvalue weighted by Gasteiger charge is -2.11. The zero-order valence-electron chi connectivity index (χ0n) is 9.02. The number of hydrogen-bond donors (Lipinski definition) is 1. The van der Waals surface area contributed by atoms with Gasteiger partial charge < -0.3 is 5.32 Å². The second-order valence-corrected chi connectivity index (χ2v) is 6.22. The van der Waals surface area contributed by atoms with Crippen molar-refractivity contribution in [3.8, 4) is 0 Å². The van der Waals surface area contributed by atoms with Crippen LogP contribution < -0.4 is 5.32 Å². The lowest BCUT2D eigenvalue weighted by molar-refractivity contribution is 0.0945. The minimum atomic E-state index is -0.0278. The van der Waals surface area contributed by atoms with Crippen LogP contribution in [-0.2, 0) is 0 Å². The molecule has 16 heavy (non-hydrogen) atoms. The van der Waals surface area contributed by atoms with Gasteiger partial charge in [-0.3, -0.25) is 4.79 Å². The second-order valence-electron chi connectivity index (χ2n) is 4.62. The van der Waals surface area contributed by atoms with Gasteiger partial charge in [0.05, 0.1) is 5.56 Å². The molecule has 1 aromatic carbocycles. The van der Waals surface area contributed by atoms with Crippen molar-refractivity contribution in [1.82, 2.24) is 5.32 Å². The maximum Gasteiger partial charge on any atom is 0.252 e. The molecule has 0 saturated heterocycles. The van der Waals surface area contributed by atoms with Gasteiger partial charge in [-0.05, 0) is 59.0 Å². The summed E-state index contributed by atoms with van der Waals surface area (Å²) in [5, 5.41) is 3.57. The number of amides is 1. The van der Waals surface area contributed by atoms with Crippen molar-refractivity contribution in [2.24, 2.45) is 5.41 Å². The Morgan fingerprint density at radius 1 is 1.56 bits per heavy atom. The van der Waals surface area contributed by atoms with E-state index in [1.807, 2.05) is 6.07 Å². The van der Waals surface area contributed by atoms with Crippen molar-refractivity contribution >= 4 is 40.1 Å². The second kappa shape index (κ2) is 4.53.